The molecular formula is C24H31N3O. The first-order valence-corrected chi connectivity index (χ1v) is 10.1. The van der Waals surface area contributed by atoms with Crippen LogP contribution in [-0.2, 0) is 16.8 Å². The highest BCUT2D eigenvalue weighted by molar-refractivity contribution is 6.07. The van der Waals surface area contributed by atoms with Gasteiger partial charge in [0.05, 0.1) is 0 Å². The van der Waals surface area contributed by atoms with Crippen molar-refractivity contribution < 1.29 is 4.79 Å². The number of hydrogen-bond donors (Lipinski definition) is 1. The van der Waals surface area contributed by atoms with Crippen molar-refractivity contribution in [2.24, 2.45) is 16.1 Å². The summed E-state index contributed by atoms with van der Waals surface area (Å²) in [5.74, 6) is 0.282. The summed E-state index contributed by atoms with van der Waals surface area (Å²) in [6, 6.07) is 14.9. The second kappa shape index (κ2) is 7.08. The first-order chi connectivity index (χ1) is 13.2. The van der Waals surface area contributed by atoms with Crippen LogP contribution in [0, 0.1) is 12.3 Å². The molecule has 0 radical (unpaired) electrons. The standard InChI is InChI=1S/C22H25N3O.C2H6/c1-14-6-5-7-15(10-14)16-8-9-17-12-21(2,3)13-22(18(17)11-16)19(26)25(4)20(23)24-22;1-2/h5-11H,12-13H2,1-4H3,(H2,23,24);1-2H3. The Balaban J connectivity index is 0.00000109. The fraction of sp³-hybridized carbons (Fsp3) is 0.417. The second-order valence-corrected chi connectivity index (χ2v) is 8.45. The molecule has 4 rings (SSSR count). The van der Waals surface area contributed by atoms with Gasteiger partial charge in [-0.15, -0.1) is 0 Å². The lowest BCUT2D eigenvalue weighted by Gasteiger charge is -2.41. The third kappa shape index (κ3) is 3.21. The first kappa shape index (κ1) is 20.1. The number of carbonyl (C=O) groups is 1. The molecule has 148 valence electrons. The molecule has 0 aromatic heterocycles. The molecule has 2 aromatic carbocycles. The minimum Gasteiger partial charge on any atom is -0.369 e. The first-order valence-electron chi connectivity index (χ1n) is 10.1. The molecule has 28 heavy (non-hydrogen) atoms. The summed E-state index contributed by atoms with van der Waals surface area (Å²) in [7, 11) is 1.71. The SMILES string of the molecule is CC.Cc1cccc(-c2ccc3c(c2)C2(CC(C)(C)C3)N=C(N)N(C)C2=O)c1. The Labute approximate surface area is 168 Å². The number of carbonyl (C=O) groups excluding carboxylic acids is 1. The van der Waals surface area contributed by atoms with E-state index >= 15 is 0 Å². The van der Waals surface area contributed by atoms with Crippen molar-refractivity contribution in [1.82, 2.24) is 4.90 Å². The molecule has 2 N–H and O–H groups in total. The Morgan fingerprint density at radius 1 is 1.07 bits per heavy atom. The molecule has 1 aliphatic carbocycles. The van der Waals surface area contributed by atoms with Gasteiger partial charge in [-0.3, -0.25) is 9.69 Å². The largest absolute Gasteiger partial charge is 0.369 e. The van der Waals surface area contributed by atoms with Crippen molar-refractivity contribution in [1.29, 1.82) is 0 Å². The van der Waals surface area contributed by atoms with Crippen LogP contribution in [0.2, 0.25) is 0 Å². The van der Waals surface area contributed by atoms with Gasteiger partial charge in [0, 0.05) is 7.05 Å². The normalized spacial score (nSPS) is 22.4. The molecule has 0 bridgehead atoms. The van der Waals surface area contributed by atoms with Gasteiger partial charge in [-0.1, -0.05) is 69.7 Å². The van der Waals surface area contributed by atoms with Crippen LogP contribution in [0.5, 0.6) is 0 Å². The smallest absolute Gasteiger partial charge is 0.261 e. The van der Waals surface area contributed by atoms with Crippen LogP contribution < -0.4 is 5.73 Å². The summed E-state index contributed by atoms with van der Waals surface area (Å²) in [6.45, 7) is 10.5. The molecule has 0 saturated heterocycles. The lowest BCUT2D eigenvalue weighted by molar-refractivity contribution is -0.132. The molecule has 2 aromatic rings. The van der Waals surface area contributed by atoms with Crippen LogP contribution in [0.3, 0.4) is 0 Å². The fourth-order valence-corrected chi connectivity index (χ4v) is 4.48. The molecule has 1 spiro atoms. The number of nitrogens with zero attached hydrogens (tertiary/aromatic N) is 2. The summed E-state index contributed by atoms with van der Waals surface area (Å²) in [4.78, 5) is 19.4. The van der Waals surface area contributed by atoms with Gasteiger partial charge in [-0.05, 0) is 53.5 Å². The highest BCUT2D eigenvalue weighted by Crippen LogP contribution is 2.50. The van der Waals surface area contributed by atoms with Crippen LogP contribution >= 0.6 is 0 Å². The van der Waals surface area contributed by atoms with Crippen molar-refractivity contribution >= 4 is 11.9 Å². The summed E-state index contributed by atoms with van der Waals surface area (Å²) < 4.78 is 0. The van der Waals surface area contributed by atoms with Crippen molar-refractivity contribution in [3.05, 3.63) is 59.2 Å². The van der Waals surface area contributed by atoms with E-state index in [1.165, 1.54) is 16.0 Å². The molecule has 4 nitrogen and oxygen atoms in total. The Morgan fingerprint density at radius 2 is 1.75 bits per heavy atom. The zero-order chi connectivity index (χ0) is 20.7. The molecule has 2 aliphatic rings. The summed E-state index contributed by atoms with van der Waals surface area (Å²) in [6.07, 6.45) is 1.61. The molecule has 1 atom stereocenters. The van der Waals surface area contributed by atoms with E-state index in [1.54, 1.807) is 7.05 Å². The molecule has 4 heteroatoms. The minimum atomic E-state index is -0.893. The van der Waals surface area contributed by atoms with E-state index in [0.29, 0.717) is 12.4 Å². The van der Waals surface area contributed by atoms with Crippen molar-refractivity contribution in [2.75, 3.05) is 7.05 Å². The van der Waals surface area contributed by atoms with Gasteiger partial charge in [0.25, 0.3) is 5.91 Å². The summed E-state index contributed by atoms with van der Waals surface area (Å²) in [5.41, 5.74) is 10.8. The Bertz CT molecular complexity index is 945. The number of rotatable bonds is 1. The Kier molecular flexibility index (Phi) is 5.09. The highest BCUT2D eigenvalue weighted by atomic mass is 16.2. The van der Waals surface area contributed by atoms with Crippen LogP contribution in [0.4, 0.5) is 0 Å². The fourth-order valence-electron chi connectivity index (χ4n) is 4.48. The van der Waals surface area contributed by atoms with Crippen molar-refractivity contribution in [3.8, 4) is 11.1 Å². The number of aliphatic imine (C=N–C) groups is 1. The maximum atomic E-state index is 13.2. The predicted octanol–water partition coefficient (Wildman–Crippen LogP) is 4.64. The zero-order valence-electron chi connectivity index (χ0n) is 17.8. The van der Waals surface area contributed by atoms with E-state index in [-0.39, 0.29) is 11.3 Å². The molecule has 0 fully saturated rings. The van der Waals surface area contributed by atoms with E-state index in [4.69, 9.17) is 10.7 Å². The molecule has 1 aliphatic heterocycles. The van der Waals surface area contributed by atoms with Gasteiger partial charge in [0.1, 0.15) is 0 Å². The van der Waals surface area contributed by atoms with Gasteiger partial charge in [0.15, 0.2) is 11.5 Å². The van der Waals surface area contributed by atoms with Gasteiger partial charge in [0.2, 0.25) is 0 Å². The Hall–Kier alpha value is -2.62. The number of likely N-dealkylation sites (N-methyl/N-ethyl adjacent to an activating group) is 1. The van der Waals surface area contributed by atoms with Gasteiger partial charge >= 0.3 is 0 Å². The molecule has 0 saturated carbocycles. The van der Waals surface area contributed by atoms with E-state index < -0.39 is 5.54 Å². The average molecular weight is 378 g/mol. The predicted molar refractivity (Wildman–Crippen MR) is 116 cm³/mol. The summed E-state index contributed by atoms with van der Waals surface area (Å²) >= 11 is 0. The van der Waals surface area contributed by atoms with Gasteiger partial charge in [-0.2, -0.15) is 0 Å². The Morgan fingerprint density at radius 3 is 2.36 bits per heavy atom. The number of amides is 1. The molecule has 1 heterocycles. The van der Waals surface area contributed by atoms with Crippen molar-refractivity contribution in [2.45, 2.75) is 53.0 Å². The molecule has 1 unspecified atom stereocenters. The average Bonchev–Trinajstić information content (AvgIpc) is 2.86. The summed E-state index contributed by atoms with van der Waals surface area (Å²) in [5, 5.41) is 0. The van der Waals surface area contributed by atoms with Crippen LogP contribution in [0.25, 0.3) is 11.1 Å². The van der Waals surface area contributed by atoms with E-state index in [1.807, 2.05) is 13.8 Å². The highest BCUT2D eigenvalue weighted by Gasteiger charge is 2.54. The topological polar surface area (TPSA) is 58.7 Å². The van der Waals surface area contributed by atoms with Gasteiger partial charge < -0.3 is 5.73 Å². The monoisotopic (exact) mass is 377 g/mol. The van der Waals surface area contributed by atoms with Crippen molar-refractivity contribution in [3.63, 3.8) is 0 Å². The maximum Gasteiger partial charge on any atom is 0.261 e. The van der Waals surface area contributed by atoms with E-state index in [9.17, 15) is 4.79 Å². The minimum absolute atomic E-state index is 0.0114. The maximum absolute atomic E-state index is 13.2. The number of fused-ring (bicyclic) bond motifs is 2. The van der Waals surface area contributed by atoms with E-state index in [2.05, 4.69) is 63.2 Å². The molecular weight excluding hydrogens is 346 g/mol. The number of nitrogens with two attached hydrogens (primary N) is 1. The van der Waals surface area contributed by atoms with Crippen LogP contribution in [0.15, 0.2) is 47.5 Å². The second-order valence-electron chi connectivity index (χ2n) is 8.45. The lowest BCUT2D eigenvalue weighted by Crippen LogP contribution is -2.46. The lowest BCUT2D eigenvalue weighted by atomic mass is 9.65. The number of aryl methyl sites for hydroxylation is 1. The third-order valence-electron chi connectivity index (χ3n) is 5.62. The van der Waals surface area contributed by atoms with Crippen LogP contribution in [0.1, 0.15) is 50.8 Å². The molecule has 1 amide bonds. The zero-order valence-corrected chi connectivity index (χ0v) is 17.8. The number of hydrogen-bond acceptors (Lipinski definition) is 3. The number of guanidine groups is 1. The quantitative estimate of drug-likeness (QED) is 0.787. The number of benzene rings is 2. The van der Waals surface area contributed by atoms with Gasteiger partial charge in [-0.25, -0.2) is 4.99 Å². The van der Waals surface area contributed by atoms with Crippen LogP contribution in [-0.4, -0.2) is 23.8 Å². The van der Waals surface area contributed by atoms with E-state index in [0.717, 1.165) is 23.1 Å². The third-order valence-corrected chi connectivity index (χ3v) is 5.62.